The van der Waals surface area contributed by atoms with E-state index in [9.17, 15) is 5.11 Å². The van der Waals surface area contributed by atoms with Crippen LogP contribution in [0.3, 0.4) is 0 Å². The average molecular weight is 225 g/mol. The second-order valence-corrected chi connectivity index (χ2v) is 5.77. The lowest BCUT2D eigenvalue weighted by molar-refractivity contribution is -0.0146. The highest BCUT2D eigenvalue weighted by Crippen LogP contribution is 2.50. The Labute approximate surface area is 96.1 Å². The molecule has 0 radical (unpaired) electrons. The van der Waals surface area contributed by atoms with Crippen molar-refractivity contribution in [2.75, 3.05) is 0 Å². The second-order valence-electron chi connectivity index (χ2n) is 5.33. The van der Waals surface area contributed by atoms with Crippen molar-refractivity contribution in [3.05, 3.63) is 34.9 Å². The number of benzene rings is 1. The van der Waals surface area contributed by atoms with Gasteiger partial charge in [-0.05, 0) is 41.9 Å². The molecular weight excluding hydrogens is 208 g/mol. The molecule has 1 atom stereocenters. The molecule has 1 nitrogen and oxygen atoms in total. The predicted octanol–water partition coefficient (Wildman–Crippen LogP) is 3.81. The van der Waals surface area contributed by atoms with Crippen LogP contribution in [0.5, 0.6) is 0 Å². The van der Waals surface area contributed by atoms with Gasteiger partial charge in [-0.3, -0.25) is 0 Å². The standard InChI is InChI=1S/C13H17ClO/c1-13(2)7-10(8-13)12(15)9-4-3-5-11(14)6-9/h3-6,10,12,15H,7-8H2,1-2H3/t12-/m0/s1. The Morgan fingerprint density at radius 1 is 1.40 bits per heavy atom. The summed E-state index contributed by atoms with van der Waals surface area (Å²) in [5.74, 6) is 0.401. The van der Waals surface area contributed by atoms with Crippen molar-refractivity contribution in [2.24, 2.45) is 11.3 Å². The minimum Gasteiger partial charge on any atom is -0.388 e. The Kier molecular flexibility index (Phi) is 2.78. The minimum absolute atomic E-state index is 0.350. The first-order chi connectivity index (χ1) is 6.98. The number of aliphatic hydroxyl groups is 1. The maximum absolute atomic E-state index is 10.1. The summed E-state index contributed by atoms with van der Waals surface area (Å²) in [5, 5.41) is 10.8. The van der Waals surface area contributed by atoms with Gasteiger partial charge in [0.25, 0.3) is 0 Å². The number of rotatable bonds is 2. The van der Waals surface area contributed by atoms with Crippen LogP contribution >= 0.6 is 11.6 Å². The summed E-state index contributed by atoms with van der Waals surface area (Å²) in [6, 6.07) is 7.53. The maximum atomic E-state index is 10.1. The van der Waals surface area contributed by atoms with Crippen molar-refractivity contribution < 1.29 is 5.11 Å². The normalized spacial score (nSPS) is 22.1. The summed E-state index contributed by atoms with van der Waals surface area (Å²) in [6.07, 6.45) is 1.85. The Balaban J connectivity index is 2.06. The Hall–Kier alpha value is -0.530. The SMILES string of the molecule is CC1(C)CC([C@@H](O)c2cccc(Cl)c2)C1. The summed E-state index contributed by atoms with van der Waals surface area (Å²) in [6.45, 7) is 4.49. The van der Waals surface area contributed by atoms with E-state index in [0.29, 0.717) is 16.4 Å². The van der Waals surface area contributed by atoms with Gasteiger partial charge in [0.05, 0.1) is 6.10 Å². The van der Waals surface area contributed by atoms with Crippen LogP contribution in [-0.4, -0.2) is 5.11 Å². The van der Waals surface area contributed by atoms with Crippen molar-refractivity contribution in [3.63, 3.8) is 0 Å². The molecule has 1 aliphatic rings. The smallest absolute Gasteiger partial charge is 0.0819 e. The number of hydrogen-bond donors (Lipinski definition) is 1. The molecular formula is C13H17ClO. The minimum atomic E-state index is -0.350. The summed E-state index contributed by atoms with van der Waals surface area (Å²) in [7, 11) is 0. The van der Waals surface area contributed by atoms with Crippen molar-refractivity contribution in [3.8, 4) is 0 Å². The Morgan fingerprint density at radius 2 is 2.07 bits per heavy atom. The fourth-order valence-corrected chi connectivity index (χ4v) is 2.74. The quantitative estimate of drug-likeness (QED) is 0.810. The molecule has 0 amide bonds. The van der Waals surface area contributed by atoms with Crippen LogP contribution in [0.15, 0.2) is 24.3 Å². The predicted molar refractivity (Wildman–Crippen MR) is 62.9 cm³/mol. The van der Waals surface area contributed by atoms with Gasteiger partial charge in [0.1, 0.15) is 0 Å². The largest absolute Gasteiger partial charge is 0.388 e. The zero-order valence-electron chi connectivity index (χ0n) is 9.20. The molecule has 0 spiro atoms. The van der Waals surface area contributed by atoms with E-state index in [0.717, 1.165) is 18.4 Å². The van der Waals surface area contributed by atoms with Gasteiger partial charge in [-0.25, -0.2) is 0 Å². The molecule has 1 fully saturated rings. The molecule has 82 valence electrons. The topological polar surface area (TPSA) is 20.2 Å². The molecule has 1 aromatic carbocycles. The van der Waals surface area contributed by atoms with Crippen molar-refractivity contribution in [2.45, 2.75) is 32.8 Å². The average Bonchev–Trinajstić information content (AvgIpc) is 2.13. The third-order valence-corrected chi connectivity index (χ3v) is 3.50. The van der Waals surface area contributed by atoms with Gasteiger partial charge in [-0.2, -0.15) is 0 Å². The van der Waals surface area contributed by atoms with Crippen molar-refractivity contribution >= 4 is 11.6 Å². The van der Waals surface area contributed by atoms with Gasteiger partial charge in [-0.1, -0.05) is 37.6 Å². The molecule has 2 rings (SSSR count). The lowest BCUT2D eigenvalue weighted by Crippen LogP contribution is -2.35. The maximum Gasteiger partial charge on any atom is 0.0819 e. The van der Waals surface area contributed by atoms with Crippen molar-refractivity contribution in [1.29, 1.82) is 0 Å². The number of halogens is 1. The summed E-state index contributed by atoms with van der Waals surface area (Å²) < 4.78 is 0. The van der Waals surface area contributed by atoms with Crippen LogP contribution in [0.4, 0.5) is 0 Å². The van der Waals surface area contributed by atoms with Gasteiger partial charge in [0.15, 0.2) is 0 Å². The number of aliphatic hydroxyl groups excluding tert-OH is 1. The molecule has 0 bridgehead atoms. The highest BCUT2D eigenvalue weighted by atomic mass is 35.5. The molecule has 0 saturated heterocycles. The molecule has 1 saturated carbocycles. The van der Waals surface area contributed by atoms with Crippen LogP contribution in [0, 0.1) is 11.3 Å². The molecule has 0 aliphatic heterocycles. The highest BCUT2D eigenvalue weighted by molar-refractivity contribution is 6.30. The van der Waals surface area contributed by atoms with Gasteiger partial charge in [0, 0.05) is 5.02 Å². The van der Waals surface area contributed by atoms with Gasteiger partial charge < -0.3 is 5.11 Å². The lowest BCUT2D eigenvalue weighted by atomic mass is 9.62. The molecule has 1 aliphatic carbocycles. The van der Waals surface area contributed by atoms with E-state index in [-0.39, 0.29) is 6.10 Å². The summed E-state index contributed by atoms with van der Waals surface area (Å²) >= 11 is 5.90. The molecule has 2 heteroatoms. The Bertz CT molecular complexity index is 351. The van der Waals surface area contributed by atoms with E-state index < -0.39 is 0 Å². The lowest BCUT2D eigenvalue weighted by Gasteiger charge is -2.45. The molecule has 15 heavy (non-hydrogen) atoms. The highest BCUT2D eigenvalue weighted by Gasteiger charge is 2.40. The Morgan fingerprint density at radius 3 is 2.60 bits per heavy atom. The first-order valence-corrected chi connectivity index (χ1v) is 5.79. The van der Waals surface area contributed by atoms with Gasteiger partial charge in [-0.15, -0.1) is 0 Å². The van der Waals surface area contributed by atoms with E-state index in [2.05, 4.69) is 13.8 Å². The molecule has 1 aromatic rings. The van der Waals surface area contributed by atoms with Crippen molar-refractivity contribution in [1.82, 2.24) is 0 Å². The fraction of sp³-hybridized carbons (Fsp3) is 0.538. The monoisotopic (exact) mass is 224 g/mol. The molecule has 0 heterocycles. The van der Waals surface area contributed by atoms with Crippen LogP contribution in [0.2, 0.25) is 5.02 Å². The zero-order chi connectivity index (χ0) is 11.1. The van der Waals surface area contributed by atoms with E-state index in [1.807, 2.05) is 24.3 Å². The first kappa shape index (κ1) is 11.0. The third-order valence-electron chi connectivity index (χ3n) is 3.27. The van der Waals surface area contributed by atoms with E-state index in [1.54, 1.807) is 0 Å². The van der Waals surface area contributed by atoms with Gasteiger partial charge >= 0.3 is 0 Å². The number of hydrogen-bond acceptors (Lipinski definition) is 1. The van der Waals surface area contributed by atoms with E-state index >= 15 is 0 Å². The van der Waals surface area contributed by atoms with Crippen LogP contribution in [-0.2, 0) is 0 Å². The molecule has 0 unspecified atom stereocenters. The fourth-order valence-electron chi connectivity index (χ4n) is 2.55. The van der Waals surface area contributed by atoms with Gasteiger partial charge in [0.2, 0.25) is 0 Å². The summed E-state index contributed by atoms with van der Waals surface area (Å²) in [5.41, 5.74) is 1.35. The summed E-state index contributed by atoms with van der Waals surface area (Å²) in [4.78, 5) is 0. The molecule has 1 N–H and O–H groups in total. The van der Waals surface area contributed by atoms with Crippen LogP contribution in [0.1, 0.15) is 38.4 Å². The zero-order valence-corrected chi connectivity index (χ0v) is 9.96. The second kappa shape index (κ2) is 3.80. The third kappa shape index (κ3) is 2.35. The van der Waals surface area contributed by atoms with Crippen LogP contribution < -0.4 is 0 Å². The first-order valence-electron chi connectivity index (χ1n) is 5.41. The molecule has 0 aromatic heterocycles. The van der Waals surface area contributed by atoms with E-state index in [4.69, 9.17) is 11.6 Å². The van der Waals surface area contributed by atoms with E-state index in [1.165, 1.54) is 0 Å². The van der Waals surface area contributed by atoms with Crippen LogP contribution in [0.25, 0.3) is 0 Å².